The standard InChI is InChI=1S/C12H18N2O/c1-4-5-6-10(2)14-11-7-8-12(15-3)13-9-11/h4,7-10,14H,1,5-6H2,2-3H3. The summed E-state index contributed by atoms with van der Waals surface area (Å²) in [6.07, 6.45) is 5.82. The highest BCUT2D eigenvalue weighted by Gasteiger charge is 2.01. The lowest BCUT2D eigenvalue weighted by atomic mass is 10.2. The molecular formula is C12H18N2O. The molecule has 0 amide bonds. The first kappa shape index (κ1) is 11.6. The molecule has 3 nitrogen and oxygen atoms in total. The lowest BCUT2D eigenvalue weighted by molar-refractivity contribution is 0.398. The largest absolute Gasteiger partial charge is 0.481 e. The number of anilines is 1. The summed E-state index contributed by atoms with van der Waals surface area (Å²) in [5.41, 5.74) is 1.02. The van der Waals surface area contributed by atoms with Crippen LogP contribution in [0.2, 0.25) is 0 Å². The normalized spacial score (nSPS) is 11.9. The second-order valence-corrected chi connectivity index (χ2v) is 3.50. The predicted molar refractivity (Wildman–Crippen MR) is 63.3 cm³/mol. The van der Waals surface area contributed by atoms with Gasteiger partial charge in [-0.2, -0.15) is 0 Å². The molecule has 3 heteroatoms. The van der Waals surface area contributed by atoms with E-state index >= 15 is 0 Å². The second kappa shape index (κ2) is 6.06. The van der Waals surface area contributed by atoms with Gasteiger partial charge in [0.05, 0.1) is 19.0 Å². The highest BCUT2D eigenvalue weighted by Crippen LogP contribution is 2.13. The number of aromatic nitrogens is 1. The van der Waals surface area contributed by atoms with Crippen molar-refractivity contribution in [2.45, 2.75) is 25.8 Å². The van der Waals surface area contributed by atoms with Gasteiger partial charge in [-0.05, 0) is 25.8 Å². The SMILES string of the molecule is C=CCCC(C)Nc1ccc(OC)nc1. The first-order chi connectivity index (χ1) is 7.26. The average molecular weight is 206 g/mol. The van der Waals surface area contributed by atoms with E-state index < -0.39 is 0 Å². The minimum absolute atomic E-state index is 0.429. The Bertz CT molecular complexity index is 295. The zero-order chi connectivity index (χ0) is 11.1. The van der Waals surface area contributed by atoms with Gasteiger partial charge < -0.3 is 10.1 Å². The molecule has 1 rings (SSSR count). The molecule has 0 fully saturated rings. The highest BCUT2D eigenvalue weighted by atomic mass is 16.5. The highest BCUT2D eigenvalue weighted by molar-refractivity contribution is 5.42. The molecule has 0 bridgehead atoms. The lowest BCUT2D eigenvalue weighted by Crippen LogP contribution is -2.14. The molecule has 0 saturated carbocycles. The molecule has 1 aromatic heterocycles. The van der Waals surface area contributed by atoms with E-state index in [-0.39, 0.29) is 0 Å². The van der Waals surface area contributed by atoms with E-state index in [1.807, 2.05) is 18.2 Å². The molecule has 0 aliphatic rings. The predicted octanol–water partition coefficient (Wildman–Crippen LogP) is 2.86. The fraction of sp³-hybridized carbons (Fsp3) is 0.417. The third-order valence-corrected chi connectivity index (χ3v) is 2.16. The van der Waals surface area contributed by atoms with Gasteiger partial charge >= 0.3 is 0 Å². The van der Waals surface area contributed by atoms with Crippen molar-refractivity contribution in [1.29, 1.82) is 0 Å². The van der Waals surface area contributed by atoms with E-state index in [2.05, 4.69) is 23.8 Å². The fourth-order valence-electron chi connectivity index (χ4n) is 1.31. The van der Waals surface area contributed by atoms with Crippen LogP contribution < -0.4 is 10.1 Å². The molecule has 0 aliphatic carbocycles. The van der Waals surface area contributed by atoms with Crippen LogP contribution in [0.5, 0.6) is 5.88 Å². The summed E-state index contributed by atoms with van der Waals surface area (Å²) in [7, 11) is 1.61. The second-order valence-electron chi connectivity index (χ2n) is 3.50. The summed E-state index contributed by atoms with van der Waals surface area (Å²) in [5.74, 6) is 0.638. The Morgan fingerprint density at radius 1 is 1.60 bits per heavy atom. The number of rotatable bonds is 6. The van der Waals surface area contributed by atoms with E-state index in [4.69, 9.17) is 4.74 Å². The maximum absolute atomic E-state index is 4.99. The summed E-state index contributed by atoms with van der Waals surface area (Å²) in [6.45, 7) is 5.85. The molecule has 82 valence electrons. The van der Waals surface area contributed by atoms with Gasteiger partial charge in [-0.15, -0.1) is 6.58 Å². The van der Waals surface area contributed by atoms with Crippen molar-refractivity contribution in [3.63, 3.8) is 0 Å². The summed E-state index contributed by atoms with van der Waals surface area (Å²) in [6, 6.07) is 4.25. The molecule has 1 heterocycles. The maximum Gasteiger partial charge on any atom is 0.213 e. The van der Waals surface area contributed by atoms with Crippen LogP contribution in [0.4, 0.5) is 5.69 Å². The molecule has 0 aliphatic heterocycles. The average Bonchev–Trinajstić information content (AvgIpc) is 2.27. The number of pyridine rings is 1. The Balaban J connectivity index is 2.45. The number of nitrogens with one attached hydrogen (secondary N) is 1. The quantitative estimate of drug-likeness (QED) is 0.727. The molecule has 1 unspecified atom stereocenters. The Hall–Kier alpha value is -1.51. The molecule has 0 saturated heterocycles. The molecule has 0 radical (unpaired) electrons. The van der Waals surface area contributed by atoms with Gasteiger partial charge in [0.1, 0.15) is 0 Å². The summed E-state index contributed by atoms with van der Waals surface area (Å²) in [4.78, 5) is 4.13. The van der Waals surface area contributed by atoms with Crippen molar-refractivity contribution in [2.75, 3.05) is 12.4 Å². The van der Waals surface area contributed by atoms with E-state index in [9.17, 15) is 0 Å². The Morgan fingerprint density at radius 3 is 2.93 bits per heavy atom. The van der Waals surface area contributed by atoms with Gasteiger partial charge in [-0.25, -0.2) is 4.98 Å². The Labute approximate surface area is 91.2 Å². The lowest BCUT2D eigenvalue weighted by Gasteiger charge is -2.13. The van der Waals surface area contributed by atoms with Crippen molar-refractivity contribution in [1.82, 2.24) is 4.98 Å². The van der Waals surface area contributed by atoms with Crippen LogP contribution in [-0.2, 0) is 0 Å². The number of nitrogens with zero attached hydrogens (tertiary/aromatic N) is 1. The maximum atomic E-state index is 4.99. The van der Waals surface area contributed by atoms with Crippen molar-refractivity contribution >= 4 is 5.69 Å². The van der Waals surface area contributed by atoms with Crippen molar-refractivity contribution in [3.8, 4) is 5.88 Å². The van der Waals surface area contributed by atoms with Gasteiger partial charge in [0.15, 0.2) is 0 Å². The van der Waals surface area contributed by atoms with Crippen LogP contribution in [-0.4, -0.2) is 18.1 Å². The van der Waals surface area contributed by atoms with Crippen molar-refractivity contribution < 1.29 is 4.74 Å². The van der Waals surface area contributed by atoms with Gasteiger partial charge in [-0.3, -0.25) is 0 Å². The van der Waals surface area contributed by atoms with Crippen molar-refractivity contribution in [2.24, 2.45) is 0 Å². The van der Waals surface area contributed by atoms with E-state index in [1.165, 1.54) is 0 Å². The minimum Gasteiger partial charge on any atom is -0.481 e. The zero-order valence-electron chi connectivity index (χ0n) is 9.36. The van der Waals surface area contributed by atoms with Crippen LogP contribution in [0.15, 0.2) is 31.0 Å². The first-order valence-corrected chi connectivity index (χ1v) is 5.13. The summed E-state index contributed by atoms with van der Waals surface area (Å²) in [5, 5.41) is 3.36. The monoisotopic (exact) mass is 206 g/mol. The van der Waals surface area contributed by atoms with E-state index in [0.717, 1.165) is 18.5 Å². The van der Waals surface area contributed by atoms with Crippen molar-refractivity contribution in [3.05, 3.63) is 31.0 Å². The third-order valence-electron chi connectivity index (χ3n) is 2.16. The first-order valence-electron chi connectivity index (χ1n) is 5.13. The molecular weight excluding hydrogens is 188 g/mol. The topological polar surface area (TPSA) is 34.1 Å². The van der Waals surface area contributed by atoms with Gasteiger partial charge in [0.25, 0.3) is 0 Å². The van der Waals surface area contributed by atoms with Gasteiger partial charge in [0.2, 0.25) is 5.88 Å². The molecule has 1 N–H and O–H groups in total. The molecule has 0 spiro atoms. The zero-order valence-corrected chi connectivity index (χ0v) is 9.36. The number of ether oxygens (including phenoxy) is 1. The third kappa shape index (κ3) is 4.02. The van der Waals surface area contributed by atoms with E-state index in [1.54, 1.807) is 13.3 Å². The smallest absolute Gasteiger partial charge is 0.213 e. The van der Waals surface area contributed by atoms with Gasteiger partial charge in [0, 0.05) is 12.1 Å². The summed E-state index contributed by atoms with van der Waals surface area (Å²) >= 11 is 0. The number of methoxy groups -OCH3 is 1. The number of allylic oxidation sites excluding steroid dienone is 1. The summed E-state index contributed by atoms with van der Waals surface area (Å²) < 4.78 is 4.99. The molecule has 15 heavy (non-hydrogen) atoms. The Kier molecular flexibility index (Phi) is 4.68. The van der Waals surface area contributed by atoms with Crippen LogP contribution in [0.25, 0.3) is 0 Å². The Morgan fingerprint density at radius 2 is 2.40 bits per heavy atom. The van der Waals surface area contributed by atoms with Crippen LogP contribution in [0, 0.1) is 0 Å². The molecule has 1 aromatic rings. The van der Waals surface area contributed by atoms with Crippen LogP contribution in [0.1, 0.15) is 19.8 Å². The molecule has 1 atom stereocenters. The van der Waals surface area contributed by atoms with Crippen LogP contribution in [0.3, 0.4) is 0 Å². The van der Waals surface area contributed by atoms with E-state index in [0.29, 0.717) is 11.9 Å². The van der Waals surface area contributed by atoms with Crippen LogP contribution >= 0.6 is 0 Å². The fourth-order valence-corrected chi connectivity index (χ4v) is 1.31. The molecule has 0 aromatic carbocycles. The van der Waals surface area contributed by atoms with Gasteiger partial charge in [-0.1, -0.05) is 6.08 Å². The minimum atomic E-state index is 0.429. The number of hydrogen-bond acceptors (Lipinski definition) is 3. The number of hydrogen-bond donors (Lipinski definition) is 1.